The first kappa shape index (κ1) is 50.5. The predicted molar refractivity (Wildman–Crippen MR) is 241 cm³/mol. The number of nitrogens with two attached hydrogens (primary N) is 1. The smallest absolute Gasteiger partial charge is 0.305 e. The molecule has 0 aliphatic rings. The first-order valence-corrected chi connectivity index (χ1v) is 21.2. The van der Waals surface area contributed by atoms with Gasteiger partial charge in [-0.25, -0.2) is 9.97 Å². The average Bonchev–Trinajstić information content (AvgIpc) is 3.24. The van der Waals surface area contributed by atoms with Crippen molar-refractivity contribution in [1.29, 1.82) is 0 Å². The molecule has 0 bridgehead atoms. The fourth-order valence-electron chi connectivity index (χ4n) is 6.64. The van der Waals surface area contributed by atoms with Crippen LogP contribution in [-0.4, -0.2) is 111 Å². The van der Waals surface area contributed by atoms with E-state index in [0.717, 1.165) is 34.5 Å². The Balaban J connectivity index is 0.000000335. The maximum atomic E-state index is 12.9. The summed E-state index contributed by atoms with van der Waals surface area (Å²) >= 11 is 0. The van der Waals surface area contributed by atoms with Gasteiger partial charge in [0.1, 0.15) is 11.6 Å². The zero-order chi connectivity index (χ0) is 46.0. The van der Waals surface area contributed by atoms with Gasteiger partial charge in [0.15, 0.2) is 0 Å². The van der Waals surface area contributed by atoms with Gasteiger partial charge in [-0.3, -0.25) is 28.8 Å². The number of carbonyl (C=O) groups excluding carboxylic acids is 4. The molecule has 4 aromatic rings. The van der Waals surface area contributed by atoms with Crippen molar-refractivity contribution in [3.05, 3.63) is 120 Å². The number of amides is 4. The second kappa shape index (κ2) is 27.9. The highest BCUT2D eigenvalue weighted by atomic mass is 16.4. The van der Waals surface area contributed by atoms with Gasteiger partial charge in [-0.05, 0) is 98.9 Å². The molecule has 2 heterocycles. The molecule has 0 saturated carbocycles. The molecule has 0 aliphatic carbocycles. The summed E-state index contributed by atoms with van der Waals surface area (Å²) in [5.41, 5.74) is 9.95. The maximum Gasteiger partial charge on any atom is 0.305 e. The molecule has 0 spiro atoms. The molecule has 4 amide bonds. The standard InChI is InChI=1S/C24H32N4O4.C23H30N4O4/c1-18(15-24(31)32)27-22(29)17-28(14-12-19-7-4-3-5-8-19)23(30)10-6-9-20-11-13-26-21(16-20)25-2;1-17(14-23(30)31)26-21(28)16-27(13-11-18-6-3-2-4-7-18)22(29)9-5-8-19-10-12-25-20(24)15-19/h3-5,7-8,11,13,16,18H,6,9-10,12,14-15,17H2,1-2H3,(H,25,26)(H,27,29)(H,31,32);2-4,6-7,10,12,15,17H,5,8-9,11,13-14,16H2,1H3,(H2,24,25)(H,26,28)(H,30,31). The molecule has 16 heteroatoms. The van der Waals surface area contributed by atoms with Crippen molar-refractivity contribution >= 4 is 47.2 Å². The molecule has 63 heavy (non-hydrogen) atoms. The van der Waals surface area contributed by atoms with Crippen molar-refractivity contribution in [3.63, 3.8) is 0 Å². The van der Waals surface area contributed by atoms with Gasteiger partial charge >= 0.3 is 11.9 Å². The molecule has 0 fully saturated rings. The Morgan fingerprint density at radius 3 is 1.44 bits per heavy atom. The lowest BCUT2D eigenvalue weighted by Crippen LogP contribution is -2.44. The SMILES string of the molecule is CC(CC(=O)O)NC(=O)CN(CCc1ccccc1)C(=O)CCCc1ccnc(N)c1.CNc1cc(CCCC(=O)N(CCc2ccccc2)CC(=O)NC(C)CC(=O)O)ccn1. The zero-order valence-corrected chi connectivity index (χ0v) is 36.5. The van der Waals surface area contributed by atoms with Crippen molar-refractivity contribution in [2.45, 2.75) is 90.1 Å². The van der Waals surface area contributed by atoms with Crippen LogP contribution >= 0.6 is 0 Å². The minimum Gasteiger partial charge on any atom is -0.481 e. The normalized spacial score (nSPS) is 11.5. The topological polar surface area (TPSA) is 237 Å². The lowest BCUT2D eigenvalue weighted by Gasteiger charge is -2.23. The Kier molecular flexibility index (Phi) is 22.4. The van der Waals surface area contributed by atoms with Gasteiger partial charge in [0.2, 0.25) is 23.6 Å². The number of nitrogens with zero attached hydrogens (tertiary/aromatic N) is 4. The second-order valence-corrected chi connectivity index (χ2v) is 15.3. The molecule has 2 aromatic heterocycles. The summed E-state index contributed by atoms with van der Waals surface area (Å²) < 4.78 is 0. The number of carbonyl (C=O) groups is 6. The van der Waals surface area contributed by atoms with Crippen molar-refractivity contribution in [2.24, 2.45) is 0 Å². The number of hydrogen-bond donors (Lipinski definition) is 6. The molecule has 2 atom stereocenters. The number of aliphatic carboxylic acids is 2. The van der Waals surface area contributed by atoms with Gasteiger partial charge in [-0.1, -0.05) is 60.7 Å². The zero-order valence-electron chi connectivity index (χ0n) is 36.5. The van der Waals surface area contributed by atoms with Crippen LogP contribution in [0, 0.1) is 0 Å². The average molecular weight is 867 g/mol. The van der Waals surface area contributed by atoms with E-state index in [-0.39, 0.29) is 49.6 Å². The van der Waals surface area contributed by atoms with Gasteiger partial charge in [-0.15, -0.1) is 0 Å². The number of pyridine rings is 2. The van der Waals surface area contributed by atoms with Crippen LogP contribution in [0.5, 0.6) is 0 Å². The summed E-state index contributed by atoms with van der Waals surface area (Å²) in [5, 5.41) is 26.0. The maximum absolute atomic E-state index is 12.9. The monoisotopic (exact) mass is 866 g/mol. The van der Waals surface area contributed by atoms with Crippen molar-refractivity contribution in [3.8, 4) is 0 Å². The largest absolute Gasteiger partial charge is 0.481 e. The Labute approximate surface area is 369 Å². The van der Waals surface area contributed by atoms with Crippen LogP contribution in [0.1, 0.15) is 74.6 Å². The highest BCUT2D eigenvalue weighted by molar-refractivity contribution is 5.86. The number of aromatic nitrogens is 2. The van der Waals surface area contributed by atoms with Gasteiger partial charge in [0, 0.05) is 57.5 Å². The third kappa shape index (κ3) is 21.5. The van der Waals surface area contributed by atoms with E-state index in [1.54, 1.807) is 37.2 Å². The van der Waals surface area contributed by atoms with Crippen molar-refractivity contribution in [2.75, 3.05) is 44.3 Å². The first-order chi connectivity index (χ1) is 30.2. The van der Waals surface area contributed by atoms with E-state index in [9.17, 15) is 28.8 Å². The van der Waals surface area contributed by atoms with E-state index in [0.29, 0.717) is 63.9 Å². The minimum absolute atomic E-state index is 0.0885. The predicted octanol–water partition coefficient (Wildman–Crippen LogP) is 4.53. The first-order valence-electron chi connectivity index (χ1n) is 21.2. The molecule has 0 saturated heterocycles. The minimum atomic E-state index is -0.985. The number of hydrogen-bond acceptors (Lipinski definition) is 10. The summed E-state index contributed by atoms with van der Waals surface area (Å²) in [4.78, 5) is 83.4. The number of carboxylic acid groups (broad SMARTS) is 2. The molecule has 2 unspecified atom stereocenters. The number of nitrogens with one attached hydrogen (secondary N) is 3. The summed E-state index contributed by atoms with van der Waals surface area (Å²) in [5.74, 6) is -1.66. The highest BCUT2D eigenvalue weighted by Crippen LogP contribution is 2.13. The molecule has 0 aliphatic heterocycles. The molecule has 4 rings (SSSR count). The summed E-state index contributed by atoms with van der Waals surface area (Å²) in [6, 6.07) is 26.1. The van der Waals surface area contributed by atoms with Crippen LogP contribution in [0.4, 0.5) is 11.6 Å². The van der Waals surface area contributed by atoms with E-state index < -0.39 is 24.0 Å². The number of benzene rings is 2. The quantitative estimate of drug-likeness (QED) is 0.0539. The van der Waals surface area contributed by atoms with E-state index >= 15 is 0 Å². The second-order valence-electron chi connectivity index (χ2n) is 15.3. The van der Waals surface area contributed by atoms with Crippen LogP contribution in [0.25, 0.3) is 0 Å². The Bertz CT molecular complexity index is 2050. The molecular formula is C47H62N8O8. The fourth-order valence-corrected chi connectivity index (χ4v) is 6.64. The highest BCUT2D eigenvalue weighted by Gasteiger charge is 2.21. The summed E-state index contributed by atoms with van der Waals surface area (Å²) in [6.07, 6.45) is 7.64. The molecule has 16 nitrogen and oxygen atoms in total. The molecule has 338 valence electrons. The third-order valence-corrected chi connectivity index (χ3v) is 9.82. The van der Waals surface area contributed by atoms with E-state index in [4.69, 9.17) is 15.9 Å². The molecule has 2 aromatic carbocycles. The van der Waals surface area contributed by atoms with Crippen LogP contribution < -0.4 is 21.7 Å². The van der Waals surface area contributed by atoms with Gasteiger partial charge in [0.05, 0.1) is 25.9 Å². The van der Waals surface area contributed by atoms with Gasteiger partial charge in [0.25, 0.3) is 0 Å². The van der Waals surface area contributed by atoms with Crippen LogP contribution in [0.3, 0.4) is 0 Å². The Morgan fingerprint density at radius 1 is 0.603 bits per heavy atom. The number of carboxylic acids is 2. The van der Waals surface area contributed by atoms with E-state index in [1.807, 2.05) is 85.9 Å². The van der Waals surface area contributed by atoms with Crippen LogP contribution in [0.2, 0.25) is 0 Å². The van der Waals surface area contributed by atoms with Crippen LogP contribution in [0.15, 0.2) is 97.3 Å². The fraction of sp³-hybridized carbons (Fsp3) is 0.404. The van der Waals surface area contributed by atoms with Gasteiger partial charge in [-0.2, -0.15) is 0 Å². The third-order valence-electron chi connectivity index (χ3n) is 9.82. The molecule has 7 N–H and O–H groups in total. The number of nitrogen functional groups attached to an aromatic ring is 1. The Morgan fingerprint density at radius 2 is 1.03 bits per heavy atom. The lowest BCUT2D eigenvalue weighted by molar-refractivity contribution is -0.139. The van der Waals surface area contributed by atoms with Crippen LogP contribution in [-0.2, 0) is 54.5 Å². The number of aryl methyl sites for hydroxylation is 2. The lowest BCUT2D eigenvalue weighted by atomic mass is 10.1. The van der Waals surface area contributed by atoms with E-state index in [2.05, 4.69) is 25.9 Å². The summed E-state index contributed by atoms with van der Waals surface area (Å²) in [7, 11) is 1.81. The number of rotatable bonds is 25. The Hall–Kier alpha value is -6.84. The number of anilines is 2. The molecule has 0 radical (unpaired) electrons. The van der Waals surface area contributed by atoms with Gasteiger partial charge < -0.3 is 41.7 Å². The molecular weight excluding hydrogens is 805 g/mol. The van der Waals surface area contributed by atoms with Crippen molar-refractivity contribution in [1.82, 2.24) is 30.4 Å². The van der Waals surface area contributed by atoms with Crippen molar-refractivity contribution < 1.29 is 39.0 Å². The summed E-state index contributed by atoms with van der Waals surface area (Å²) in [6.45, 7) is 3.90. The van der Waals surface area contributed by atoms with E-state index in [1.165, 1.54) is 4.90 Å².